The molecule has 4 rings (SSSR count). The van der Waals surface area contributed by atoms with Crippen molar-refractivity contribution in [2.75, 3.05) is 14.1 Å². The molecule has 0 N–H and O–H groups in total. The van der Waals surface area contributed by atoms with Gasteiger partial charge in [-0.15, -0.1) is 0 Å². The van der Waals surface area contributed by atoms with Crippen LogP contribution in [-0.4, -0.2) is 42.7 Å². The molecule has 0 saturated carbocycles. The minimum absolute atomic E-state index is 0. The third kappa shape index (κ3) is 3.96. The maximum atomic E-state index is 16.3. The largest absolute Gasteiger partial charge is 1.00 e. The van der Waals surface area contributed by atoms with E-state index in [0.29, 0.717) is 41.6 Å². The molecule has 2 bridgehead atoms. The van der Waals surface area contributed by atoms with E-state index < -0.39 is 52.1 Å². The monoisotopic (exact) mass is 517 g/mol. The Labute approximate surface area is 192 Å². The molecule has 3 atom stereocenters. The van der Waals surface area contributed by atoms with Crippen LogP contribution in [0.25, 0.3) is 0 Å². The molecule has 2 aliphatic heterocycles. The van der Waals surface area contributed by atoms with E-state index >= 15 is 4.39 Å². The molecule has 1 saturated heterocycles. The van der Waals surface area contributed by atoms with Gasteiger partial charge in [-0.25, -0.2) is 26.7 Å². The lowest BCUT2D eigenvalue weighted by atomic mass is 9.87. The highest BCUT2D eigenvalue weighted by molar-refractivity contribution is 5.85. The second-order valence-corrected chi connectivity index (χ2v) is 8.56. The zero-order chi connectivity index (χ0) is 22.6. The van der Waals surface area contributed by atoms with Crippen LogP contribution in [0.15, 0.2) is 48.6 Å². The maximum Gasteiger partial charge on any atom is 0.353 e. The molecule has 172 valence electrons. The number of benzene rings is 2. The van der Waals surface area contributed by atoms with E-state index in [9.17, 15) is 22.4 Å². The third-order valence-corrected chi connectivity index (χ3v) is 6.46. The molecule has 0 amide bonds. The van der Waals surface area contributed by atoms with Crippen LogP contribution in [0.4, 0.5) is 22.0 Å². The summed E-state index contributed by atoms with van der Waals surface area (Å²) < 4.78 is 77.0. The lowest BCUT2D eigenvalue weighted by Gasteiger charge is -2.44. The van der Waals surface area contributed by atoms with Crippen molar-refractivity contribution in [3.05, 3.63) is 82.9 Å². The first-order chi connectivity index (χ1) is 14.5. The van der Waals surface area contributed by atoms with Gasteiger partial charge in [0, 0.05) is 24.0 Å². The molecule has 2 aliphatic rings. The standard InChI is InChI=1S/C23H21F5NO2.BrH/c1-29(2)15-5-6-16(29)12-17(11-15)31-22(30)23(28,13-3-7-18(24)20(26)9-13)14-4-8-19(25)21(27)10-14;/h3-10,15-17H,11-12H2,1-2H3;1H/q+1;/p-1/t15-,16?,17?;/m1./s1. The molecule has 1 fully saturated rings. The van der Waals surface area contributed by atoms with Crippen LogP contribution < -0.4 is 17.0 Å². The first-order valence-electron chi connectivity index (χ1n) is 9.86. The minimum atomic E-state index is -3.16. The number of alkyl halides is 1. The Morgan fingerprint density at radius 3 is 1.72 bits per heavy atom. The quantitative estimate of drug-likeness (QED) is 0.266. The van der Waals surface area contributed by atoms with Crippen molar-refractivity contribution in [1.29, 1.82) is 0 Å². The molecule has 2 heterocycles. The van der Waals surface area contributed by atoms with E-state index in [-0.39, 0.29) is 29.1 Å². The van der Waals surface area contributed by atoms with Crippen LogP contribution in [-0.2, 0) is 15.2 Å². The first kappa shape index (κ1) is 24.4. The van der Waals surface area contributed by atoms with E-state index in [2.05, 4.69) is 14.1 Å². The number of quaternary nitrogens is 1. The summed E-state index contributed by atoms with van der Waals surface area (Å²) in [6.07, 6.45) is 4.36. The Balaban J connectivity index is 0.00000289. The van der Waals surface area contributed by atoms with Gasteiger partial charge in [0.15, 0.2) is 23.3 Å². The van der Waals surface area contributed by atoms with Gasteiger partial charge in [0.2, 0.25) is 0 Å². The van der Waals surface area contributed by atoms with Crippen LogP contribution >= 0.6 is 0 Å². The van der Waals surface area contributed by atoms with Crippen molar-refractivity contribution in [2.45, 2.75) is 36.7 Å². The average Bonchev–Trinajstić information content (AvgIpc) is 2.88. The smallest absolute Gasteiger partial charge is 0.353 e. The number of esters is 1. The number of carbonyl (C=O) groups is 1. The van der Waals surface area contributed by atoms with Crippen molar-refractivity contribution in [3.8, 4) is 0 Å². The van der Waals surface area contributed by atoms with Gasteiger partial charge >= 0.3 is 5.97 Å². The van der Waals surface area contributed by atoms with E-state index in [0.717, 1.165) is 12.1 Å². The van der Waals surface area contributed by atoms with E-state index in [1.165, 1.54) is 0 Å². The fourth-order valence-electron chi connectivity index (χ4n) is 4.43. The summed E-state index contributed by atoms with van der Waals surface area (Å²) in [6, 6.07) is 4.29. The molecule has 32 heavy (non-hydrogen) atoms. The number of carbonyl (C=O) groups excluding carboxylic acids is 1. The fourth-order valence-corrected chi connectivity index (χ4v) is 4.43. The highest BCUT2D eigenvalue weighted by Crippen LogP contribution is 2.40. The van der Waals surface area contributed by atoms with E-state index in [1.54, 1.807) is 0 Å². The predicted octanol–water partition coefficient (Wildman–Crippen LogP) is 1.55. The zero-order valence-corrected chi connectivity index (χ0v) is 18.9. The molecule has 2 unspecified atom stereocenters. The molecule has 3 nitrogen and oxygen atoms in total. The zero-order valence-electron chi connectivity index (χ0n) is 17.3. The highest BCUT2D eigenvalue weighted by atomic mass is 79.9. The lowest BCUT2D eigenvalue weighted by molar-refractivity contribution is -0.926. The average molecular weight is 518 g/mol. The van der Waals surface area contributed by atoms with Crippen molar-refractivity contribution in [3.63, 3.8) is 0 Å². The Kier molecular flexibility index (Phi) is 6.55. The second kappa shape index (κ2) is 8.59. The Bertz CT molecular complexity index is 1000. The summed E-state index contributed by atoms with van der Waals surface area (Å²) in [5.41, 5.74) is -4.30. The summed E-state index contributed by atoms with van der Waals surface area (Å²) in [5, 5.41) is 0. The summed E-state index contributed by atoms with van der Waals surface area (Å²) >= 11 is 0. The van der Waals surface area contributed by atoms with Gasteiger partial charge in [0.25, 0.3) is 5.67 Å². The van der Waals surface area contributed by atoms with E-state index in [1.807, 2.05) is 12.2 Å². The molecule has 0 radical (unpaired) electrons. The van der Waals surface area contributed by atoms with Crippen LogP contribution in [0.1, 0.15) is 24.0 Å². The molecule has 0 aromatic heterocycles. The number of fused-ring (bicyclic) bond motifs is 2. The number of hydrogen-bond donors (Lipinski definition) is 0. The SMILES string of the molecule is C[N+]1(C)C2C=C[C@@H]1CC(OC(=O)C(F)(c1ccc(F)c(F)c1)c1ccc(F)c(F)c1)C2.[Br-]. The van der Waals surface area contributed by atoms with Crippen molar-refractivity contribution >= 4 is 5.97 Å². The van der Waals surface area contributed by atoms with Gasteiger partial charge < -0.3 is 26.2 Å². The number of halogens is 6. The number of ether oxygens (including phenoxy) is 1. The van der Waals surface area contributed by atoms with Crippen LogP contribution in [0.2, 0.25) is 0 Å². The number of likely N-dealkylation sites (N-methyl/N-ethyl adjacent to an activating group) is 1. The lowest BCUT2D eigenvalue weighted by Crippen LogP contribution is -3.00. The maximum absolute atomic E-state index is 16.3. The predicted molar refractivity (Wildman–Crippen MR) is 103 cm³/mol. The highest BCUT2D eigenvalue weighted by Gasteiger charge is 2.50. The molecular formula is C23H21BrF5NO2. The van der Waals surface area contributed by atoms with Crippen molar-refractivity contribution < 1.29 is 52.9 Å². The number of rotatable bonds is 4. The Morgan fingerprint density at radius 2 is 1.31 bits per heavy atom. The third-order valence-electron chi connectivity index (χ3n) is 6.46. The van der Waals surface area contributed by atoms with Crippen molar-refractivity contribution in [1.82, 2.24) is 0 Å². The van der Waals surface area contributed by atoms with Crippen LogP contribution in [0.5, 0.6) is 0 Å². The summed E-state index contributed by atoms with van der Waals surface area (Å²) in [5.74, 6) is -6.62. The van der Waals surface area contributed by atoms with Gasteiger partial charge in [0.1, 0.15) is 18.2 Å². The number of piperidine rings is 1. The number of nitrogens with zero attached hydrogens (tertiary/aromatic N) is 1. The molecular weight excluding hydrogens is 497 g/mol. The Hall–Kier alpha value is -2.26. The van der Waals surface area contributed by atoms with E-state index in [4.69, 9.17) is 4.74 Å². The summed E-state index contributed by atoms with van der Waals surface area (Å²) in [6.45, 7) is 0. The van der Waals surface area contributed by atoms with Gasteiger partial charge in [0.05, 0.1) is 14.1 Å². The summed E-state index contributed by atoms with van der Waals surface area (Å²) in [7, 11) is 4.10. The van der Waals surface area contributed by atoms with Gasteiger partial charge in [-0.3, -0.25) is 0 Å². The fraction of sp³-hybridized carbons (Fsp3) is 0.348. The normalized spacial score (nSPS) is 23.5. The Morgan fingerprint density at radius 1 is 0.875 bits per heavy atom. The number of hydrogen-bond acceptors (Lipinski definition) is 2. The molecule has 9 heteroatoms. The first-order valence-corrected chi connectivity index (χ1v) is 9.86. The topological polar surface area (TPSA) is 26.3 Å². The molecule has 2 aromatic carbocycles. The second-order valence-electron chi connectivity index (χ2n) is 8.56. The van der Waals surface area contributed by atoms with Crippen molar-refractivity contribution in [2.24, 2.45) is 0 Å². The molecule has 0 aliphatic carbocycles. The van der Waals surface area contributed by atoms with Gasteiger partial charge in [-0.1, -0.05) is 12.1 Å². The summed E-state index contributed by atoms with van der Waals surface area (Å²) in [4.78, 5) is 13.1. The van der Waals surface area contributed by atoms with Gasteiger partial charge in [-0.05, 0) is 36.4 Å². The molecule has 0 spiro atoms. The molecule has 2 aromatic rings. The van der Waals surface area contributed by atoms with Crippen LogP contribution in [0, 0.1) is 23.3 Å². The van der Waals surface area contributed by atoms with Gasteiger partial charge in [-0.2, -0.15) is 0 Å². The van der Waals surface area contributed by atoms with Crippen LogP contribution in [0.3, 0.4) is 0 Å². The minimum Gasteiger partial charge on any atom is -1.00 e.